The molecule has 0 aliphatic heterocycles. The van der Waals surface area contributed by atoms with Gasteiger partial charge in [0.2, 0.25) is 0 Å². The Hall–Kier alpha value is -3.00. The largest absolute Gasteiger partial charge is 0.452 e. The standard InChI is InChI=1S/C19H21N3O4S/c1-22(11-13-6-8-16(27-2)9-7-13)17(23)12-26-18(24)14-4-3-5-15(10-14)21-19(20)25/h3-10H,11-12H2,1-2H3,(H3,20,21,25). The van der Waals surface area contributed by atoms with Crippen molar-refractivity contribution in [1.82, 2.24) is 4.90 Å². The molecule has 2 aromatic carbocycles. The molecule has 142 valence electrons. The first kappa shape index (κ1) is 20.3. The summed E-state index contributed by atoms with van der Waals surface area (Å²) in [6, 6.07) is 13.3. The molecule has 0 aliphatic carbocycles. The van der Waals surface area contributed by atoms with Crippen LogP contribution in [0.4, 0.5) is 10.5 Å². The third-order valence-corrected chi connectivity index (χ3v) is 4.44. The van der Waals surface area contributed by atoms with Gasteiger partial charge in [-0.05, 0) is 42.2 Å². The molecule has 7 nitrogen and oxygen atoms in total. The summed E-state index contributed by atoms with van der Waals surface area (Å²) in [4.78, 5) is 37.8. The lowest BCUT2D eigenvalue weighted by Gasteiger charge is -2.17. The van der Waals surface area contributed by atoms with Gasteiger partial charge in [-0.1, -0.05) is 18.2 Å². The summed E-state index contributed by atoms with van der Waals surface area (Å²) in [5.74, 6) is -0.974. The second-order valence-corrected chi connectivity index (χ2v) is 6.62. The summed E-state index contributed by atoms with van der Waals surface area (Å²) in [6.45, 7) is 0.0504. The molecule has 2 rings (SSSR count). The lowest BCUT2D eigenvalue weighted by atomic mass is 10.2. The molecule has 8 heteroatoms. The molecular weight excluding hydrogens is 366 g/mol. The lowest BCUT2D eigenvalue weighted by molar-refractivity contribution is -0.133. The van der Waals surface area contributed by atoms with Gasteiger partial charge in [-0.25, -0.2) is 9.59 Å². The Labute approximate surface area is 161 Å². The molecule has 27 heavy (non-hydrogen) atoms. The number of carbonyl (C=O) groups excluding carboxylic acids is 3. The molecule has 0 unspecified atom stereocenters. The topological polar surface area (TPSA) is 102 Å². The van der Waals surface area contributed by atoms with Gasteiger partial charge in [-0.15, -0.1) is 11.8 Å². The highest BCUT2D eigenvalue weighted by Crippen LogP contribution is 2.16. The van der Waals surface area contributed by atoms with Crippen molar-refractivity contribution in [2.45, 2.75) is 11.4 Å². The van der Waals surface area contributed by atoms with Crippen LogP contribution in [-0.2, 0) is 16.1 Å². The van der Waals surface area contributed by atoms with Crippen molar-refractivity contribution in [3.8, 4) is 0 Å². The molecule has 0 aliphatic rings. The van der Waals surface area contributed by atoms with Crippen molar-refractivity contribution in [3.63, 3.8) is 0 Å². The molecule has 3 amide bonds. The first-order valence-electron chi connectivity index (χ1n) is 8.09. The molecule has 0 heterocycles. The van der Waals surface area contributed by atoms with Crippen LogP contribution < -0.4 is 11.1 Å². The number of rotatable bonds is 7. The van der Waals surface area contributed by atoms with Crippen LogP contribution in [0, 0.1) is 0 Å². The van der Waals surface area contributed by atoms with E-state index in [2.05, 4.69) is 5.32 Å². The van der Waals surface area contributed by atoms with Crippen LogP contribution in [0.3, 0.4) is 0 Å². The van der Waals surface area contributed by atoms with Gasteiger partial charge in [-0.2, -0.15) is 0 Å². The van der Waals surface area contributed by atoms with Gasteiger partial charge in [0.15, 0.2) is 6.61 Å². The molecule has 3 N–H and O–H groups in total. The Kier molecular flexibility index (Phi) is 7.25. The quantitative estimate of drug-likeness (QED) is 0.562. The van der Waals surface area contributed by atoms with Crippen molar-refractivity contribution < 1.29 is 19.1 Å². The number of nitrogens with one attached hydrogen (secondary N) is 1. The third-order valence-electron chi connectivity index (χ3n) is 3.70. The Morgan fingerprint density at radius 3 is 2.48 bits per heavy atom. The van der Waals surface area contributed by atoms with E-state index in [1.54, 1.807) is 30.9 Å². The van der Waals surface area contributed by atoms with Gasteiger partial charge in [0, 0.05) is 24.2 Å². The maximum absolute atomic E-state index is 12.2. The number of carbonyl (C=O) groups is 3. The van der Waals surface area contributed by atoms with Crippen LogP contribution in [0.2, 0.25) is 0 Å². The summed E-state index contributed by atoms with van der Waals surface area (Å²) in [7, 11) is 1.65. The number of nitrogens with two attached hydrogens (primary N) is 1. The highest BCUT2D eigenvalue weighted by molar-refractivity contribution is 7.98. The number of amides is 3. The summed E-state index contributed by atoms with van der Waals surface area (Å²) in [5.41, 5.74) is 6.61. The second-order valence-electron chi connectivity index (χ2n) is 5.74. The molecule has 0 spiro atoms. The minimum Gasteiger partial charge on any atom is -0.452 e. The highest BCUT2D eigenvalue weighted by atomic mass is 32.2. The maximum atomic E-state index is 12.2. The van der Waals surface area contributed by atoms with Crippen LogP contribution in [0.25, 0.3) is 0 Å². The molecule has 0 fully saturated rings. The van der Waals surface area contributed by atoms with Gasteiger partial charge in [0.25, 0.3) is 5.91 Å². The fourth-order valence-electron chi connectivity index (χ4n) is 2.28. The summed E-state index contributed by atoms with van der Waals surface area (Å²) >= 11 is 1.65. The van der Waals surface area contributed by atoms with E-state index in [0.717, 1.165) is 10.5 Å². The van der Waals surface area contributed by atoms with E-state index in [1.165, 1.54) is 17.0 Å². The van der Waals surface area contributed by atoms with E-state index in [4.69, 9.17) is 10.5 Å². The van der Waals surface area contributed by atoms with Crippen molar-refractivity contribution >= 4 is 35.4 Å². The van der Waals surface area contributed by atoms with E-state index in [1.807, 2.05) is 30.5 Å². The van der Waals surface area contributed by atoms with Crippen LogP contribution >= 0.6 is 11.8 Å². The van der Waals surface area contributed by atoms with E-state index < -0.39 is 12.0 Å². The Balaban J connectivity index is 1.88. The third kappa shape index (κ3) is 6.34. The molecule has 0 atom stereocenters. The number of anilines is 1. The molecule has 0 saturated heterocycles. The number of thioether (sulfide) groups is 1. The van der Waals surface area contributed by atoms with E-state index >= 15 is 0 Å². The smallest absolute Gasteiger partial charge is 0.338 e. The van der Waals surface area contributed by atoms with Crippen molar-refractivity contribution in [2.24, 2.45) is 5.73 Å². The predicted octanol–water partition coefficient (Wildman–Crippen LogP) is 2.71. The lowest BCUT2D eigenvalue weighted by Crippen LogP contribution is -2.30. The van der Waals surface area contributed by atoms with Crippen LogP contribution in [0.15, 0.2) is 53.4 Å². The van der Waals surface area contributed by atoms with Gasteiger partial charge < -0.3 is 20.7 Å². The number of esters is 1. The van der Waals surface area contributed by atoms with Gasteiger partial charge in [-0.3, -0.25) is 4.79 Å². The minimum absolute atomic E-state index is 0.212. The zero-order valence-corrected chi connectivity index (χ0v) is 15.9. The molecule has 0 radical (unpaired) electrons. The number of primary amides is 1. The van der Waals surface area contributed by atoms with Crippen molar-refractivity contribution in [1.29, 1.82) is 0 Å². The van der Waals surface area contributed by atoms with Gasteiger partial charge >= 0.3 is 12.0 Å². The fourth-order valence-corrected chi connectivity index (χ4v) is 2.69. The average molecular weight is 387 g/mol. The minimum atomic E-state index is -0.733. The Bertz CT molecular complexity index is 824. The molecule has 0 aromatic heterocycles. The number of likely N-dealkylation sites (N-methyl/N-ethyl adjacent to an activating group) is 1. The fraction of sp³-hybridized carbons (Fsp3) is 0.211. The predicted molar refractivity (Wildman–Crippen MR) is 105 cm³/mol. The monoisotopic (exact) mass is 387 g/mol. The normalized spacial score (nSPS) is 10.1. The van der Waals surface area contributed by atoms with Crippen LogP contribution in [-0.4, -0.2) is 42.7 Å². The first-order valence-corrected chi connectivity index (χ1v) is 9.32. The van der Waals surface area contributed by atoms with Crippen LogP contribution in [0.5, 0.6) is 0 Å². The van der Waals surface area contributed by atoms with Crippen LogP contribution in [0.1, 0.15) is 15.9 Å². The average Bonchev–Trinajstić information content (AvgIpc) is 2.66. The van der Waals surface area contributed by atoms with Gasteiger partial charge in [0.1, 0.15) is 0 Å². The van der Waals surface area contributed by atoms with E-state index in [9.17, 15) is 14.4 Å². The number of nitrogens with zero attached hydrogens (tertiary/aromatic N) is 1. The molecular formula is C19H21N3O4S. The first-order chi connectivity index (χ1) is 12.9. The second kappa shape index (κ2) is 9.63. The number of hydrogen-bond donors (Lipinski definition) is 2. The number of ether oxygens (including phenoxy) is 1. The molecule has 0 saturated carbocycles. The zero-order valence-electron chi connectivity index (χ0n) is 15.1. The molecule has 0 bridgehead atoms. The maximum Gasteiger partial charge on any atom is 0.338 e. The highest BCUT2D eigenvalue weighted by Gasteiger charge is 2.14. The summed E-state index contributed by atoms with van der Waals surface area (Å²) in [5, 5.41) is 2.37. The molecule has 2 aromatic rings. The number of hydrogen-bond acceptors (Lipinski definition) is 5. The van der Waals surface area contributed by atoms with Gasteiger partial charge in [0.05, 0.1) is 5.56 Å². The summed E-state index contributed by atoms with van der Waals surface area (Å²) < 4.78 is 5.07. The van der Waals surface area contributed by atoms with Crippen molar-refractivity contribution in [2.75, 3.05) is 25.2 Å². The van der Waals surface area contributed by atoms with Crippen molar-refractivity contribution in [3.05, 3.63) is 59.7 Å². The number of benzene rings is 2. The van der Waals surface area contributed by atoms with E-state index in [-0.39, 0.29) is 18.1 Å². The Morgan fingerprint density at radius 1 is 1.15 bits per heavy atom. The zero-order chi connectivity index (χ0) is 19.8. The number of urea groups is 1. The Morgan fingerprint density at radius 2 is 1.85 bits per heavy atom. The SMILES string of the molecule is CSc1ccc(CN(C)C(=O)COC(=O)c2cccc(NC(N)=O)c2)cc1. The summed E-state index contributed by atoms with van der Waals surface area (Å²) in [6.07, 6.45) is 2.00. The van der Waals surface area contributed by atoms with E-state index in [0.29, 0.717) is 12.2 Å².